The molecule has 0 radical (unpaired) electrons. The van der Waals surface area contributed by atoms with Gasteiger partial charge in [0.25, 0.3) is 0 Å². The van der Waals surface area contributed by atoms with Crippen molar-refractivity contribution in [3.8, 4) is 0 Å². The Kier molecular flexibility index (Phi) is 5.81. The second-order valence-electron chi connectivity index (χ2n) is 7.74. The predicted molar refractivity (Wildman–Crippen MR) is 93.2 cm³/mol. The summed E-state index contributed by atoms with van der Waals surface area (Å²) in [6.45, 7) is 2.16. The molecular formula is C19H29NO6. The lowest BCUT2D eigenvalue weighted by atomic mass is 9.64. The number of rotatable bonds is 8. The van der Waals surface area contributed by atoms with Crippen LogP contribution in [0.1, 0.15) is 51.9 Å². The first-order chi connectivity index (χ1) is 12.4. The fourth-order valence-corrected chi connectivity index (χ4v) is 4.26. The third kappa shape index (κ3) is 3.58. The molecule has 3 fully saturated rings. The van der Waals surface area contributed by atoms with Crippen molar-refractivity contribution in [3.05, 3.63) is 12.2 Å². The molecule has 2 aliphatic carbocycles. The van der Waals surface area contributed by atoms with Gasteiger partial charge < -0.3 is 25.4 Å². The molecule has 0 spiro atoms. The highest BCUT2D eigenvalue weighted by Crippen LogP contribution is 2.50. The van der Waals surface area contributed by atoms with Crippen LogP contribution in [0, 0.1) is 5.92 Å². The molecule has 2 bridgehead atoms. The Hall–Kier alpha value is -1.28. The molecule has 7 heteroatoms. The largest absolute Gasteiger partial charge is 0.390 e. The van der Waals surface area contributed by atoms with E-state index in [9.17, 15) is 24.9 Å². The molecule has 4 N–H and O–H groups in total. The van der Waals surface area contributed by atoms with Crippen LogP contribution in [0.2, 0.25) is 0 Å². The van der Waals surface area contributed by atoms with Crippen molar-refractivity contribution in [2.75, 3.05) is 0 Å². The van der Waals surface area contributed by atoms with Gasteiger partial charge in [-0.05, 0) is 18.9 Å². The number of nitrogens with one attached hydrogen (secondary N) is 1. The highest BCUT2D eigenvalue weighted by atomic mass is 16.6. The number of hydrogen-bond donors (Lipinski definition) is 4. The monoisotopic (exact) mass is 367 g/mol. The van der Waals surface area contributed by atoms with Gasteiger partial charge in [0.15, 0.2) is 11.4 Å². The first-order valence-corrected chi connectivity index (χ1v) is 9.65. The van der Waals surface area contributed by atoms with E-state index < -0.39 is 47.8 Å². The SMILES string of the molecule is CCCCCCC/C=C/C(=O)N[C@H]1C[C@@]2(O)C(=O)[C@H]([C@H](O)[C@@H]3O[C@@H]32)[C@H]1O. The number of ether oxygens (including phenoxy) is 1. The van der Waals surface area contributed by atoms with E-state index in [-0.39, 0.29) is 12.3 Å². The quantitative estimate of drug-likeness (QED) is 0.277. The molecule has 3 rings (SSSR count). The van der Waals surface area contributed by atoms with Crippen molar-refractivity contribution in [1.29, 1.82) is 0 Å². The molecule has 1 saturated heterocycles. The minimum atomic E-state index is -1.74. The van der Waals surface area contributed by atoms with Gasteiger partial charge in [-0.1, -0.05) is 38.7 Å². The summed E-state index contributed by atoms with van der Waals surface area (Å²) in [5, 5.41) is 33.9. The fraction of sp³-hybridized carbons (Fsp3) is 0.789. The lowest BCUT2D eigenvalue weighted by molar-refractivity contribution is -0.171. The van der Waals surface area contributed by atoms with Gasteiger partial charge in [0.1, 0.15) is 12.2 Å². The normalized spacial score (nSPS) is 41.2. The summed E-state index contributed by atoms with van der Waals surface area (Å²) < 4.78 is 5.24. The van der Waals surface area contributed by atoms with Crippen molar-refractivity contribution in [2.45, 2.75) is 87.9 Å². The number of amides is 1. The smallest absolute Gasteiger partial charge is 0.243 e. The number of aliphatic hydroxyl groups is 3. The molecule has 0 aromatic heterocycles. The van der Waals surface area contributed by atoms with Crippen molar-refractivity contribution >= 4 is 11.7 Å². The van der Waals surface area contributed by atoms with Crippen LogP contribution < -0.4 is 5.32 Å². The first kappa shape index (κ1) is 19.5. The summed E-state index contributed by atoms with van der Waals surface area (Å²) in [4.78, 5) is 24.5. The topological polar surface area (TPSA) is 119 Å². The number of carbonyl (C=O) groups excluding carboxylic acids is 2. The van der Waals surface area contributed by atoms with Gasteiger partial charge in [0, 0.05) is 6.42 Å². The zero-order chi connectivity index (χ0) is 18.9. The number of fused-ring (bicyclic) bond motifs is 4. The van der Waals surface area contributed by atoms with Crippen LogP contribution in [0.25, 0.3) is 0 Å². The summed E-state index contributed by atoms with van der Waals surface area (Å²) >= 11 is 0. The molecule has 1 amide bonds. The molecule has 1 heterocycles. The molecule has 26 heavy (non-hydrogen) atoms. The summed E-state index contributed by atoms with van der Waals surface area (Å²) in [6.07, 6.45) is 5.97. The third-order valence-corrected chi connectivity index (χ3v) is 5.81. The molecule has 3 aliphatic rings. The minimum absolute atomic E-state index is 0.103. The van der Waals surface area contributed by atoms with Crippen molar-refractivity contribution in [3.63, 3.8) is 0 Å². The van der Waals surface area contributed by atoms with Gasteiger partial charge in [-0.2, -0.15) is 0 Å². The molecule has 146 valence electrons. The number of hydrogen-bond acceptors (Lipinski definition) is 6. The molecule has 0 unspecified atom stereocenters. The van der Waals surface area contributed by atoms with E-state index in [1.165, 1.54) is 25.3 Å². The number of ketones is 1. The summed E-state index contributed by atoms with van der Waals surface area (Å²) in [5.74, 6) is -2.10. The maximum atomic E-state index is 12.4. The van der Waals surface area contributed by atoms with E-state index in [1.807, 2.05) is 0 Å². The van der Waals surface area contributed by atoms with E-state index in [2.05, 4.69) is 12.2 Å². The highest BCUT2D eigenvalue weighted by Gasteiger charge is 2.72. The van der Waals surface area contributed by atoms with Gasteiger partial charge in [-0.25, -0.2) is 0 Å². The van der Waals surface area contributed by atoms with E-state index in [0.717, 1.165) is 19.3 Å². The fourth-order valence-electron chi connectivity index (χ4n) is 4.26. The molecule has 7 nitrogen and oxygen atoms in total. The van der Waals surface area contributed by atoms with Gasteiger partial charge in [0.05, 0.1) is 24.2 Å². The van der Waals surface area contributed by atoms with Gasteiger partial charge in [-0.3, -0.25) is 9.59 Å². The number of Topliss-reactive ketones (excluding diaryl/α,β-unsaturated/α-hetero) is 1. The number of allylic oxidation sites excluding steroid dienone is 1. The second kappa shape index (κ2) is 7.76. The minimum Gasteiger partial charge on any atom is -0.390 e. The standard InChI is InChI=1S/C19H29NO6/c1-2-3-4-5-6-7-8-9-12(21)20-11-10-19(25)17(24)13(14(11)22)15(23)16-18(19)26-16/h8-9,11,13-16,18,22-23,25H,2-7,10H2,1H3,(H,20,21)/b9-8+/t11-,13-,14-,15-,16-,18-,19+/m0/s1. The average Bonchev–Trinajstić information content (AvgIpc) is 3.40. The third-order valence-electron chi connectivity index (χ3n) is 5.81. The Morgan fingerprint density at radius 2 is 2.00 bits per heavy atom. The molecular weight excluding hydrogens is 338 g/mol. The van der Waals surface area contributed by atoms with Crippen LogP contribution in [0.5, 0.6) is 0 Å². The molecule has 1 aliphatic heterocycles. The van der Waals surface area contributed by atoms with Gasteiger partial charge in [-0.15, -0.1) is 0 Å². The van der Waals surface area contributed by atoms with Crippen molar-refractivity contribution < 1.29 is 29.6 Å². The maximum absolute atomic E-state index is 12.4. The predicted octanol–water partition coefficient (Wildman–Crippen LogP) is 0.211. The first-order valence-electron chi connectivity index (χ1n) is 9.65. The Morgan fingerprint density at radius 3 is 2.73 bits per heavy atom. The van der Waals surface area contributed by atoms with Crippen LogP contribution in [-0.4, -0.2) is 63.1 Å². The van der Waals surface area contributed by atoms with Gasteiger partial charge >= 0.3 is 0 Å². The number of carbonyl (C=O) groups is 2. The summed E-state index contributed by atoms with van der Waals surface area (Å²) in [7, 11) is 0. The maximum Gasteiger partial charge on any atom is 0.243 e. The molecule has 7 atom stereocenters. The zero-order valence-electron chi connectivity index (χ0n) is 15.1. The lowest BCUT2D eigenvalue weighted by Crippen LogP contribution is -2.69. The average molecular weight is 367 g/mol. The zero-order valence-corrected chi connectivity index (χ0v) is 15.1. The van der Waals surface area contributed by atoms with Crippen LogP contribution in [-0.2, 0) is 14.3 Å². The Bertz CT molecular complexity index is 578. The molecule has 0 aromatic carbocycles. The van der Waals surface area contributed by atoms with Crippen LogP contribution in [0.15, 0.2) is 12.2 Å². The number of unbranched alkanes of at least 4 members (excludes halogenated alkanes) is 5. The molecule has 2 saturated carbocycles. The van der Waals surface area contributed by atoms with Crippen LogP contribution >= 0.6 is 0 Å². The van der Waals surface area contributed by atoms with Crippen LogP contribution in [0.3, 0.4) is 0 Å². The lowest BCUT2D eigenvalue weighted by Gasteiger charge is -2.46. The second-order valence-corrected chi connectivity index (χ2v) is 7.74. The van der Waals surface area contributed by atoms with E-state index in [4.69, 9.17) is 4.74 Å². The Morgan fingerprint density at radius 1 is 1.27 bits per heavy atom. The summed E-state index contributed by atoms with van der Waals surface area (Å²) in [5.41, 5.74) is -1.74. The Balaban J connectivity index is 1.52. The van der Waals surface area contributed by atoms with Crippen molar-refractivity contribution in [1.82, 2.24) is 5.32 Å². The van der Waals surface area contributed by atoms with E-state index in [1.54, 1.807) is 6.08 Å². The summed E-state index contributed by atoms with van der Waals surface area (Å²) in [6, 6.07) is -0.802. The van der Waals surface area contributed by atoms with E-state index >= 15 is 0 Å². The van der Waals surface area contributed by atoms with E-state index in [0.29, 0.717) is 0 Å². The Labute approximate surface area is 153 Å². The number of aliphatic hydroxyl groups excluding tert-OH is 2. The molecule has 0 aromatic rings. The van der Waals surface area contributed by atoms with Crippen molar-refractivity contribution in [2.24, 2.45) is 5.92 Å². The van der Waals surface area contributed by atoms with Gasteiger partial charge in [0.2, 0.25) is 5.91 Å². The highest BCUT2D eigenvalue weighted by molar-refractivity contribution is 5.94. The number of epoxide rings is 1. The van der Waals surface area contributed by atoms with Crippen LogP contribution in [0.4, 0.5) is 0 Å².